The smallest absolute Gasteiger partial charge is 0.303 e. The van der Waals surface area contributed by atoms with Crippen LogP contribution < -0.4 is 0 Å². The zero-order chi connectivity index (χ0) is 15.4. The minimum atomic E-state index is -0.761. The van der Waals surface area contributed by atoms with Crippen molar-refractivity contribution in [2.24, 2.45) is 5.92 Å². The maximum absolute atomic E-state index is 12.4. The molecule has 1 saturated heterocycles. The van der Waals surface area contributed by atoms with Gasteiger partial charge in [0, 0.05) is 25.1 Å². The lowest BCUT2D eigenvalue weighted by Crippen LogP contribution is -2.38. The van der Waals surface area contributed by atoms with Crippen LogP contribution in [0, 0.1) is 9.49 Å². The Bertz CT molecular complexity index is 538. The van der Waals surface area contributed by atoms with Crippen molar-refractivity contribution in [1.82, 2.24) is 4.90 Å². The summed E-state index contributed by atoms with van der Waals surface area (Å²) in [5.74, 6) is -0.325. The van der Waals surface area contributed by atoms with Crippen LogP contribution in [0.1, 0.15) is 36.0 Å². The fraction of sp³-hybridized carbons (Fsp3) is 0.467. The molecule has 114 valence electrons. The Morgan fingerprint density at radius 1 is 1.29 bits per heavy atom. The van der Waals surface area contributed by atoms with Crippen LogP contribution in [0.2, 0.25) is 0 Å². The zero-order valence-electron chi connectivity index (χ0n) is 11.6. The van der Waals surface area contributed by atoms with Crippen molar-refractivity contribution in [3.8, 4) is 5.75 Å². The van der Waals surface area contributed by atoms with E-state index < -0.39 is 5.97 Å². The van der Waals surface area contributed by atoms with Gasteiger partial charge in [-0.25, -0.2) is 0 Å². The summed E-state index contributed by atoms with van der Waals surface area (Å²) in [5.41, 5.74) is 0.497. The number of carbonyl (C=O) groups is 2. The fourth-order valence-corrected chi connectivity index (χ4v) is 2.92. The van der Waals surface area contributed by atoms with Crippen LogP contribution in [0.15, 0.2) is 18.2 Å². The maximum Gasteiger partial charge on any atom is 0.303 e. The van der Waals surface area contributed by atoms with E-state index in [2.05, 4.69) is 0 Å². The number of carboxylic acid groups (broad SMARTS) is 1. The molecule has 0 spiro atoms. The molecule has 0 aromatic heterocycles. The van der Waals surface area contributed by atoms with Gasteiger partial charge >= 0.3 is 5.97 Å². The molecule has 0 atom stereocenters. The number of phenolic OH excluding ortho intramolecular Hbond substituents is 1. The third-order valence-electron chi connectivity index (χ3n) is 3.86. The Labute approximate surface area is 137 Å². The second kappa shape index (κ2) is 7.11. The van der Waals surface area contributed by atoms with E-state index in [9.17, 15) is 14.7 Å². The van der Waals surface area contributed by atoms with Crippen molar-refractivity contribution < 1.29 is 19.8 Å². The van der Waals surface area contributed by atoms with E-state index in [-0.39, 0.29) is 18.1 Å². The third-order valence-corrected chi connectivity index (χ3v) is 4.77. The molecule has 1 amide bonds. The number of aromatic hydroxyl groups is 1. The topological polar surface area (TPSA) is 77.8 Å². The molecule has 6 heteroatoms. The summed E-state index contributed by atoms with van der Waals surface area (Å²) in [6.45, 7) is 1.30. The van der Waals surface area contributed by atoms with E-state index in [1.165, 1.54) is 6.07 Å². The molecule has 0 saturated carbocycles. The first-order chi connectivity index (χ1) is 9.97. The maximum atomic E-state index is 12.4. The molecule has 1 fully saturated rings. The number of benzene rings is 1. The molecule has 1 aliphatic heterocycles. The van der Waals surface area contributed by atoms with Crippen molar-refractivity contribution in [1.29, 1.82) is 0 Å². The number of carbonyl (C=O) groups excluding carboxylic acids is 1. The number of aliphatic carboxylic acids is 1. The van der Waals surface area contributed by atoms with E-state index in [4.69, 9.17) is 5.11 Å². The van der Waals surface area contributed by atoms with Crippen molar-refractivity contribution in [2.45, 2.75) is 25.7 Å². The Morgan fingerprint density at radius 3 is 2.52 bits per heavy atom. The molecule has 1 aromatic carbocycles. The summed E-state index contributed by atoms with van der Waals surface area (Å²) in [7, 11) is 0. The van der Waals surface area contributed by atoms with Gasteiger partial charge in [0.1, 0.15) is 5.75 Å². The Hall–Kier alpha value is -1.31. The molecule has 2 N–H and O–H groups in total. The molecule has 5 nitrogen and oxygen atoms in total. The Balaban J connectivity index is 1.90. The lowest BCUT2D eigenvalue weighted by molar-refractivity contribution is -0.137. The molecular formula is C15H18INO4. The lowest BCUT2D eigenvalue weighted by atomic mass is 9.92. The van der Waals surface area contributed by atoms with Gasteiger partial charge in [-0.15, -0.1) is 0 Å². The zero-order valence-corrected chi connectivity index (χ0v) is 13.7. The number of hydrogen-bond acceptors (Lipinski definition) is 3. The second-order valence-electron chi connectivity index (χ2n) is 5.33. The van der Waals surface area contributed by atoms with Crippen LogP contribution in [0.4, 0.5) is 0 Å². The fourth-order valence-electron chi connectivity index (χ4n) is 2.58. The SMILES string of the molecule is O=C(O)CCC1CCN(C(=O)c2ccc(I)c(O)c2)CC1. The van der Waals surface area contributed by atoms with E-state index in [0.717, 1.165) is 16.4 Å². The quantitative estimate of drug-likeness (QED) is 0.758. The predicted molar refractivity (Wildman–Crippen MR) is 86.3 cm³/mol. The van der Waals surface area contributed by atoms with Gasteiger partial charge in [0.25, 0.3) is 5.91 Å². The first kappa shape index (κ1) is 16.1. The van der Waals surface area contributed by atoms with Gasteiger partial charge in [0.15, 0.2) is 0 Å². The van der Waals surface area contributed by atoms with Gasteiger partial charge in [0.05, 0.1) is 3.57 Å². The minimum Gasteiger partial charge on any atom is -0.507 e. The van der Waals surface area contributed by atoms with Gasteiger partial charge < -0.3 is 15.1 Å². The van der Waals surface area contributed by atoms with Crippen molar-refractivity contribution in [2.75, 3.05) is 13.1 Å². The molecule has 1 heterocycles. The number of likely N-dealkylation sites (tertiary alicyclic amines) is 1. The summed E-state index contributed by atoms with van der Waals surface area (Å²) < 4.78 is 0.719. The van der Waals surface area contributed by atoms with Crippen LogP contribution in [0.5, 0.6) is 5.75 Å². The molecule has 0 unspecified atom stereocenters. The molecule has 21 heavy (non-hydrogen) atoms. The number of halogens is 1. The standard InChI is InChI=1S/C15H18INO4/c16-12-3-2-11(9-13(12)18)15(21)17-7-5-10(6-8-17)1-4-14(19)20/h2-3,9-10,18H,1,4-8H2,(H,19,20). The second-order valence-corrected chi connectivity index (χ2v) is 6.50. The summed E-state index contributed by atoms with van der Waals surface area (Å²) in [6, 6.07) is 4.95. The third kappa shape index (κ3) is 4.33. The summed E-state index contributed by atoms with van der Waals surface area (Å²) in [6.07, 6.45) is 2.57. The number of carboxylic acids is 1. The van der Waals surface area contributed by atoms with E-state index in [1.54, 1.807) is 17.0 Å². The van der Waals surface area contributed by atoms with E-state index in [1.807, 2.05) is 22.6 Å². The number of nitrogens with zero attached hydrogens (tertiary/aromatic N) is 1. The largest absolute Gasteiger partial charge is 0.507 e. The highest BCUT2D eigenvalue weighted by Crippen LogP contribution is 2.25. The number of hydrogen-bond donors (Lipinski definition) is 2. The monoisotopic (exact) mass is 403 g/mol. The average Bonchev–Trinajstić information content (AvgIpc) is 2.48. The number of piperidine rings is 1. The van der Waals surface area contributed by atoms with Crippen molar-refractivity contribution in [3.63, 3.8) is 0 Å². The van der Waals surface area contributed by atoms with Crippen LogP contribution in [-0.4, -0.2) is 40.1 Å². The summed E-state index contributed by atoms with van der Waals surface area (Å²) in [5, 5.41) is 18.4. The highest BCUT2D eigenvalue weighted by molar-refractivity contribution is 14.1. The lowest BCUT2D eigenvalue weighted by Gasteiger charge is -2.32. The molecule has 2 rings (SSSR count). The molecule has 1 aromatic rings. The van der Waals surface area contributed by atoms with E-state index >= 15 is 0 Å². The first-order valence-corrected chi connectivity index (χ1v) is 8.05. The minimum absolute atomic E-state index is 0.0709. The summed E-state index contributed by atoms with van der Waals surface area (Å²) >= 11 is 2.01. The van der Waals surface area contributed by atoms with Crippen LogP contribution >= 0.6 is 22.6 Å². The van der Waals surface area contributed by atoms with Crippen LogP contribution in [-0.2, 0) is 4.79 Å². The highest BCUT2D eigenvalue weighted by Gasteiger charge is 2.24. The van der Waals surface area contributed by atoms with Crippen molar-refractivity contribution >= 4 is 34.5 Å². The van der Waals surface area contributed by atoms with E-state index in [0.29, 0.717) is 31.0 Å². The van der Waals surface area contributed by atoms with Gasteiger partial charge in [-0.2, -0.15) is 0 Å². The van der Waals surface area contributed by atoms with Gasteiger partial charge in [0.2, 0.25) is 0 Å². The van der Waals surface area contributed by atoms with Gasteiger partial charge in [-0.05, 0) is 66.0 Å². The van der Waals surface area contributed by atoms with Crippen molar-refractivity contribution in [3.05, 3.63) is 27.3 Å². The number of phenols is 1. The van der Waals surface area contributed by atoms with Gasteiger partial charge in [-0.1, -0.05) is 0 Å². The molecule has 0 aliphatic carbocycles. The highest BCUT2D eigenvalue weighted by atomic mass is 127. The average molecular weight is 403 g/mol. The molecular weight excluding hydrogens is 385 g/mol. The number of amides is 1. The number of rotatable bonds is 4. The molecule has 1 aliphatic rings. The normalized spacial score (nSPS) is 16.0. The predicted octanol–water partition coefficient (Wildman–Crippen LogP) is 2.71. The Kier molecular flexibility index (Phi) is 5.44. The first-order valence-electron chi connectivity index (χ1n) is 6.97. The van der Waals surface area contributed by atoms with Crippen LogP contribution in [0.25, 0.3) is 0 Å². The van der Waals surface area contributed by atoms with Gasteiger partial charge in [-0.3, -0.25) is 9.59 Å². The Morgan fingerprint density at radius 2 is 1.95 bits per heavy atom. The van der Waals surface area contributed by atoms with Crippen LogP contribution in [0.3, 0.4) is 0 Å². The summed E-state index contributed by atoms with van der Waals surface area (Å²) in [4.78, 5) is 24.7. The molecule has 0 bridgehead atoms. The molecule has 0 radical (unpaired) electrons.